The molecule has 2 nitrogen and oxygen atoms in total. The van der Waals surface area contributed by atoms with Crippen LogP contribution in [0.25, 0.3) is 0 Å². The number of carbonyl (C=O) groups is 1. The molecule has 0 saturated carbocycles. The Morgan fingerprint density at radius 3 is 2.40 bits per heavy atom. The van der Waals surface area contributed by atoms with Gasteiger partial charge in [0.2, 0.25) is 0 Å². The second-order valence-electron chi connectivity index (χ2n) is 4.71. The highest BCUT2D eigenvalue weighted by atomic mass is 79.9. The molecule has 0 heterocycles. The zero-order valence-corrected chi connectivity index (χ0v) is 12.9. The van der Waals surface area contributed by atoms with E-state index >= 15 is 0 Å². The topological polar surface area (TPSA) is 29.1 Å². The van der Waals surface area contributed by atoms with Crippen LogP contribution < -0.4 is 5.32 Å². The average Bonchev–Trinajstić information content (AvgIpc) is 2.42. The van der Waals surface area contributed by atoms with Gasteiger partial charge < -0.3 is 5.32 Å². The number of hydrogen-bond donors (Lipinski definition) is 1. The molecule has 0 atom stereocenters. The maximum absolute atomic E-state index is 13.5. The molecule has 0 spiro atoms. The molecule has 4 heteroatoms. The molecule has 104 valence electrons. The van der Waals surface area contributed by atoms with E-state index in [1.54, 1.807) is 32.0 Å². The lowest BCUT2D eigenvalue weighted by molar-refractivity contribution is 0.0950. The zero-order valence-electron chi connectivity index (χ0n) is 11.3. The van der Waals surface area contributed by atoms with Crippen molar-refractivity contribution in [1.82, 2.24) is 5.32 Å². The lowest BCUT2D eigenvalue weighted by Gasteiger charge is -2.09. The van der Waals surface area contributed by atoms with E-state index in [1.165, 1.54) is 0 Å². The molecule has 2 aromatic carbocycles. The van der Waals surface area contributed by atoms with E-state index in [-0.39, 0.29) is 11.7 Å². The van der Waals surface area contributed by atoms with Gasteiger partial charge in [-0.25, -0.2) is 4.39 Å². The standard InChI is InChI=1S/C16H15BrFNO/c1-10-7-12(8-11(2)15(10)18)9-19-16(20)13-5-3-4-6-14(13)17/h3-8H,9H2,1-2H3,(H,19,20). The van der Waals surface area contributed by atoms with Crippen molar-refractivity contribution in [2.24, 2.45) is 0 Å². The van der Waals surface area contributed by atoms with Crippen LogP contribution in [0.3, 0.4) is 0 Å². The fraction of sp³-hybridized carbons (Fsp3) is 0.188. The van der Waals surface area contributed by atoms with Gasteiger partial charge in [0.1, 0.15) is 5.82 Å². The molecule has 2 aromatic rings. The van der Waals surface area contributed by atoms with Gasteiger partial charge in [-0.2, -0.15) is 0 Å². The minimum Gasteiger partial charge on any atom is -0.348 e. The van der Waals surface area contributed by atoms with Crippen LogP contribution in [0, 0.1) is 19.7 Å². The van der Waals surface area contributed by atoms with Crippen LogP contribution in [0.15, 0.2) is 40.9 Å². The van der Waals surface area contributed by atoms with Crippen molar-refractivity contribution in [3.8, 4) is 0 Å². The Morgan fingerprint density at radius 2 is 1.80 bits per heavy atom. The monoisotopic (exact) mass is 335 g/mol. The fourth-order valence-electron chi connectivity index (χ4n) is 2.06. The van der Waals surface area contributed by atoms with E-state index in [0.717, 1.165) is 10.0 Å². The van der Waals surface area contributed by atoms with Crippen molar-refractivity contribution in [1.29, 1.82) is 0 Å². The van der Waals surface area contributed by atoms with Crippen LogP contribution in [0.2, 0.25) is 0 Å². The van der Waals surface area contributed by atoms with Gasteiger partial charge in [0.15, 0.2) is 0 Å². The van der Waals surface area contributed by atoms with Crippen LogP contribution >= 0.6 is 15.9 Å². The van der Waals surface area contributed by atoms with Gasteiger partial charge >= 0.3 is 0 Å². The number of benzene rings is 2. The first kappa shape index (κ1) is 14.7. The Balaban J connectivity index is 2.10. The highest BCUT2D eigenvalue weighted by Gasteiger charge is 2.10. The van der Waals surface area contributed by atoms with Gasteiger partial charge in [0.25, 0.3) is 5.91 Å². The number of carbonyl (C=O) groups excluding carboxylic acids is 1. The normalized spacial score (nSPS) is 10.4. The third-order valence-electron chi connectivity index (χ3n) is 3.07. The largest absolute Gasteiger partial charge is 0.348 e. The van der Waals surface area contributed by atoms with E-state index in [1.807, 2.05) is 18.2 Å². The van der Waals surface area contributed by atoms with E-state index in [0.29, 0.717) is 23.2 Å². The summed E-state index contributed by atoms with van der Waals surface area (Å²) in [6.07, 6.45) is 0. The van der Waals surface area contributed by atoms with Gasteiger partial charge in [-0.05, 0) is 58.6 Å². The lowest BCUT2D eigenvalue weighted by atomic mass is 10.1. The summed E-state index contributed by atoms with van der Waals surface area (Å²) in [4.78, 5) is 12.1. The summed E-state index contributed by atoms with van der Waals surface area (Å²) in [7, 11) is 0. The Labute approximate surface area is 126 Å². The number of rotatable bonds is 3. The van der Waals surface area contributed by atoms with Gasteiger partial charge in [0.05, 0.1) is 5.56 Å². The zero-order chi connectivity index (χ0) is 14.7. The van der Waals surface area contributed by atoms with Crippen LogP contribution in [-0.4, -0.2) is 5.91 Å². The first-order valence-corrected chi connectivity index (χ1v) is 7.06. The van der Waals surface area contributed by atoms with Gasteiger partial charge in [0, 0.05) is 11.0 Å². The summed E-state index contributed by atoms with van der Waals surface area (Å²) in [5, 5.41) is 2.84. The summed E-state index contributed by atoms with van der Waals surface area (Å²) in [5.41, 5.74) is 2.66. The van der Waals surface area contributed by atoms with Crippen LogP contribution in [0.1, 0.15) is 27.0 Å². The molecule has 1 amide bonds. The number of nitrogens with one attached hydrogen (secondary N) is 1. The molecule has 0 aromatic heterocycles. The summed E-state index contributed by atoms with van der Waals surface area (Å²) >= 11 is 3.35. The molecule has 0 fully saturated rings. The smallest absolute Gasteiger partial charge is 0.252 e. The highest BCUT2D eigenvalue weighted by molar-refractivity contribution is 9.10. The lowest BCUT2D eigenvalue weighted by Crippen LogP contribution is -2.23. The molecular weight excluding hydrogens is 321 g/mol. The van der Waals surface area contributed by atoms with Crippen molar-refractivity contribution in [3.63, 3.8) is 0 Å². The first-order chi connectivity index (χ1) is 9.49. The third kappa shape index (κ3) is 3.25. The summed E-state index contributed by atoms with van der Waals surface area (Å²) < 4.78 is 14.3. The fourth-order valence-corrected chi connectivity index (χ4v) is 2.53. The third-order valence-corrected chi connectivity index (χ3v) is 3.76. The average molecular weight is 336 g/mol. The number of hydrogen-bond acceptors (Lipinski definition) is 1. The van der Waals surface area contributed by atoms with Gasteiger partial charge in [-0.1, -0.05) is 24.3 Å². The van der Waals surface area contributed by atoms with Gasteiger partial charge in [-0.15, -0.1) is 0 Å². The molecule has 2 rings (SSSR count). The predicted molar refractivity (Wildman–Crippen MR) is 81.2 cm³/mol. The van der Waals surface area contributed by atoms with Crippen molar-refractivity contribution in [2.45, 2.75) is 20.4 Å². The summed E-state index contributed by atoms with van der Waals surface area (Å²) in [6, 6.07) is 10.7. The SMILES string of the molecule is Cc1cc(CNC(=O)c2ccccc2Br)cc(C)c1F. The van der Waals surface area contributed by atoms with E-state index in [2.05, 4.69) is 21.2 Å². The second-order valence-corrected chi connectivity index (χ2v) is 5.56. The van der Waals surface area contributed by atoms with Crippen molar-refractivity contribution in [3.05, 3.63) is 68.9 Å². The highest BCUT2D eigenvalue weighted by Crippen LogP contribution is 2.17. The number of aryl methyl sites for hydroxylation is 2. The molecule has 0 radical (unpaired) electrons. The van der Waals surface area contributed by atoms with Gasteiger partial charge in [-0.3, -0.25) is 4.79 Å². The molecule has 0 saturated heterocycles. The van der Waals surface area contributed by atoms with Crippen molar-refractivity contribution in [2.75, 3.05) is 0 Å². The van der Waals surface area contributed by atoms with Crippen molar-refractivity contribution < 1.29 is 9.18 Å². The summed E-state index contributed by atoms with van der Waals surface area (Å²) in [5.74, 6) is -0.344. The molecule has 20 heavy (non-hydrogen) atoms. The minimum absolute atomic E-state index is 0.155. The second kappa shape index (κ2) is 6.18. The Hall–Kier alpha value is -1.68. The molecule has 1 N–H and O–H groups in total. The van der Waals surface area contributed by atoms with Crippen LogP contribution in [-0.2, 0) is 6.54 Å². The van der Waals surface area contributed by atoms with Crippen molar-refractivity contribution >= 4 is 21.8 Å². The Morgan fingerprint density at radius 1 is 1.20 bits per heavy atom. The Bertz CT molecular complexity index is 632. The molecule has 0 unspecified atom stereocenters. The minimum atomic E-state index is -0.189. The number of halogens is 2. The predicted octanol–water partition coefficient (Wildman–Crippen LogP) is 4.14. The molecule has 0 bridgehead atoms. The molecule has 0 aliphatic carbocycles. The quantitative estimate of drug-likeness (QED) is 0.897. The van der Waals surface area contributed by atoms with E-state index in [4.69, 9.17) is 0 Å². The number of amides is 1. The van der Waals surface area contributed by atoms with E-state index in [9.17, 15) is 9.18 Å². The maximum atomic E-state index is 13.5. The molecular formula is C16H15BrFNO. The molecule has 0 aliphatic rings. The van der Waals surface area contributed by atoms with Crippen LogP contribution in [0.5, 0.6) is 0 Å². The Kier molecular flexibility index (Phi) is 4.55. The first-order valence-electron chi connectivity index (χ1n) is 6.27. The summed E-state index contributed by atoms with van der Waals surface area (Å²) in [6.45, 7) is 3.82. The molecule has 0 aliphatic heterocycles. The maximum Gasteiger partial charge on any atom is 0.252 e. The van der Waals surface area contributed by atoms with E-state index < -0.39 is 0 Å². The van der Waals surface area contributed by atoms with Crippen LogP contribution in [0.4, 0.5) is 4.39 Å².